The molecular formula is C19H14ClFN2O3S. The number of amides is 1. The molecule has 3 rings (SSSR count). The number of anilines is 2. The van der Waals surface area contributed by atoms with Crippen LogP contribution >= 0.6 is 11.6 Å². The largest absolute Gasteiger partial charge is 0.322 e. The Hall–Kier alpha value is -2.90. The van der Waals surface area contributed by atoms with Crippen molar-refractivity contribution in [1.82, 2.24) is 0 Å². The number of para-hydroxylation sites is 1. The Balaban J connectivity index is 1.89. The van der Waals surface area contributed by atoms with Gasteiger partial charge in [-0.15, -0.1) is 0 Å². The molecule has 0 fully saturated rings. The minimum atomic E-state index is -4.20. The summed E-state index contributed by atoms with van der Waals surface area (Å²) in [5.41, 5.74) is 0.621. The van der Waals surface area contributed by atoms with E-state index in [0.717, 1.165) is 12.1 Å². The summed E-state index contributed by atoms with van der Waals surface area (Å²) in [7, 11) is -4.20. The van der Waals surface area contributed by atoms with E-state index in [4.69, 9.17) is 11.6 Å². The van der Waals surface area contributed by atoms with Gasteiger partial charge in [-0.05, 0) is 48.5 Å². The van der Waals surface area contributed by atoms with Crippen molar-refractivity contribution >= 4 is 38.9 Å². The number of hydrogen-bond acceptors (Lipinski definition) is 3. The number of benzene rings is 3. The van der Waals surface area contributed by atoms with Crippen LogP contribution in [0.1, 0.15) is 10.4 Å². The van der Waals surface area contributed by atoms with Gasteiger partial charge >= 0.3 is 0 Å². The highest BCUT2D eigenvalue weighted by atomic mass is 35.5. The third kappa shape index (κ3) is 4.45. The molecule has 0 aliphatic heterocycles. The lowest BCUT2D eigenvalue weighted by Gasteiger charge is -2.13. The van der Waals surface area contributed by atoms with Crippen LogP contribution in [-0.4, -0.2) is 14.3 Å². The van der Waals surface area contributed by atoms with Crippen molar-refractivity contribution in [3.8, 4) is 0 Å². The van der Waals surface area contributed by atoms with E-state index < -0.39 is 26.6 Å². The Morgan fingerprint density at radius 3 is 2.22 bits per heavy atom. The molecule has 27 heavy (non-hydrogen) atoms. The monoisotopic (exact) mass is 404 g/mol. The van der Waals surface area contributed by atoms with Crippen molar-refractivity contribution < 1.29 is 17.6 Å². The highest BCUT2D eigenvalue weighted by molar-refractivity contribution is 7.92. The van der Waals surface area contributed by atoms with Gasteiger partial charge in [-0.3, -0.25) is 9.52 Å². The van der Waals surface area contributed by atoms with Crippen molar-refractivity contribution in [3.05, 3.63) is 89.2 Å². The van der Waals surface area contributed by atoms with Crippen molar-refractivity contribution in [1.29, 1.82) is 0 Å². The van der Waals surface area contributed by atoms with Crippen LogP contribution in [0.5, 0.6) is 0 Å². The van der Waals surface area contributed by atoms with Gasteiger partial charge in [0.2, 0.25) is 0 Å². The van der Waals surface area contributed by atoms with E-state index in [1.54, 1.807) is 36.4 Å². The van der Waals surface area contributed by atoms with Crippen LogP contribution in [0.4, 0.5) is 15.8 Å². The average molecular weight is 405 g/mol. The van der Waals surface area contributed by atoms with Gasteiger partial charge in [0.15, 0.2) is 0 Å². The summed E-state index contributed by atoms with van der Waals surface area (Å²) < 4.78 is 41.1. The molecule has 0 aliphatic rings. The van der Waals surface area contributed by atoms with E-state index in [0.29, 0.717) is 10.7 Å². The summed E-state index contributed by atoms with van der Waals surface area (Å²) >= 11 is 5.81. The van der Waals surface area contributed by atoms with Gasteiger partial charge in [0.05, 0.1) is 11.3 Å². The summed E-state index contributed by atoms with van der Waals surface area (Å²) in [5.74, 6) is -1.41. The highest BCUT2D eigenvalue weighted by Gasteiger charge is 2.21. The highest BCUT2D eigenvalue weighted by Crippen LogP contribution is 2.23. The molecule has 3 aromatic rings. The number of sulfonamides is 1. The van der Waals surface area contributed by atoms with Gasteiger partial charge in [-0.25, -0.2) is 12.8 Å². The molecule has 3 aromatic carbocycles. The number of carbonyl (C=O) groups is 1. The van der Waals surface area contributed by atoms with E-state index in [2.05, 4.69) is 10.0 Å². The molecule has 0 unspecified atom stereocenters. The van der Waals surface area contributed by atoms with Gasteiger partial charge in [0.25, 0.3) is 15.9 Å². The third-order valence-corrected chi connectivity index (χ3v) is 5.30. The molecule has 0 aromatic heterocycles. The second-order valence-electron chi connectivity index (χ2n) is 5.54. The number of nitrogens with one attached hydrogen (secondary N) is 2. The fraction of sp³-hybridized carbons (Fsp3) is 0. The number of hydrogen-bond donors (Lipinski definition) is 2. The fourth-order valence-electron chi connectivity index (χ4n) is 2.36. The first-order valence-corrected chi connectivity index (χ1v) is 9.66. The predicted octanol–water partition coefficient (Wildman–Crippen LogP) is 4.53. The minimum Gasteiger partial charge on any atom is -0.322 e. The topological polar surface area (TPSA) is 75.3 Å². The molecule has 0 heterocycles. The summed E-state index contributed by atoms with van der Waals surface area (Å²) in [5, 5.41) is 3.18. The Labute approximate surface area is 160 Å². The maximum absolute atomic E-state index is 13.9. The number of carbonyl (C=O) groups excluding carboxylic acids is 1. The molecule has 0 saturated carbocycles. The lowest BCUT2D eigenvalue weighted by Crippen LogP contribution is -2.19. The summed E-state index contributed by atoms with van der Waals surface area (Å²) in [4.78, 5) is 12.1. The average Bonchev–Trinajstić information content (AvgIpc) is 2.64. The van der Waals surface area contributed by atoms with Gasteiger partial charge in [0.1, 0.15) is 10.7 Å². The van der Waals surface area contributed by atoms with E-state index in [1.807, 2.05) is 0 Å². The standard InChI is InChI=1S/C19H14ClFN2O3S/c20-13-9-11-14(12-10-13)22-19(24)15-5-1-3-7-17(15)23-27(25,26)18-8-4-2-6-16(18)21/h1-12,23H,(H,22,24). The molecule has 0 spiro atoms. The Morgan fingerprint density at radius 2 is 1.52 bits per heavy atom. The normalized spacial score (nSPS) is 11.0. The zero-order valence-corrected chi connectivity index (χ0v) is 15.4. The summed E-state index contributed by atoms with van der Waals surface area (Å²) in [6.45, 7) is 0. The zero-order chi connectivity index (χ0) is 19.4. The van der Waals surface area contributed by atoms with Crippen LogP contribution in [0.25, 0.3) is 0 Å². The van der Waals surface area contributed by atoms with Crippen LogP contribution in [0.15, 0.2) is 77.7 Å². The molecule has 2 N–H and O–H groups in total. The van der Waals surface area contributed by atoms with Crippen LogP contribution in [0.3, 0.4) is 0 Å². The second kappa shape index (κ2) is 7.77. The zero-order valence-electron chi connectivity index (χ0n) is 13.8. The molecule has 8 heteroatoms. The third-order valence-electron chi connectivity index (χ3n) is 3.64. The maximum atomic E-state index is 13.9. The Bertz CT molecular complexity index is 1090. The van der Waals surface area contributed by atoms with E-state index in [-0.39, 0.29) is 11.3 Å². The molecule has 0 atom stereocenters. The molecular weight excluding hydrogens is 391 g/mol. The fourth-order valence-corrected chi connectivity index (χ4v) is 3.65. The van der Waals surface area contributed by atoms with Crippen LogP contribution in [-0.2, 0) is 10.0 Å². The first kappa shape index (κ1) is 18.9. The molecule has 0 saturated heterocycles. The Kier molecular flexibility index (Phi) is 5.43. The van der Waals surface area contributed by atoms with Gasteiger partial charge in [-0.2, -0.15) is 0 Å². The SMILES string of the molecule is O=C(Nc1ccc(Cl)cc1)c1ccccc1NS(=O)(=O)c1ccccc1F. The van der Waals surface area contributed by atoms with Crippen LogP contribution in [0, 0.1) is 5.82 Å². The molecule has 0 radical (unpaired) electrons. The molecule has 1 amide bonds. The molecule has 0 aliphatic carbocycles. The van der Waals surface area contributed by atoms with Crippen LogP contribution in [0.2, 0.25) is 5.02 Å². The second-order valence-corrected chi connectivity index (χ2v) is 7.63. The van der Waals surface area contributed by atoms with E-state index in [9.17, 15) is 17.6 Å². The lowest BCUT2D eigenvalue weighted by molar-refractivity contribution is 0.102. The van der Waals surface area contributed by atoms with Gasteiger partial charge < -0.3 is 5.32 Å². The molecule has 138 valence electrons. The quantitative estimate of drug-likeness (QED) is 0.655. The lowest BCUT2D eigenvalue weighted by atomic mass is 10.1. The van der Waals surface area contributed by atoms with Crippen LogP contribution < -0.4 is 10.0 Å². The minimum absolute atomic E-state index is 0.0345. The molecule has 0 bridgehead atoms. The molecule has 5 nitrogen and oxygen atoms in total. The summed E-state index contributed by atoms with van der Waals surface area (Å²) in [6.07, 6.45) is 0. The van der Waals surface area contributed by atoms with Gasteiger partial charge in [-0.1, -0.05) is 35.9 Å². The first-order valence-electron chi connectivity index (χ1n) is 7.80. The van der Waals surface area contributed by atoms with Crippen molar-refractivity contribution in [2.45, 2.75) is 4.90 Å². The predicted molar refractivity (Wildman–Crippen MR) is 103 cm³/mol. The van der Waals surface area contributed by atoms with E-state index in [1.165, 1.54) is 24.3 Å². The van der Waals surface area contributed by atoms with E-state index >= 15 is 0 Å². The smallest absolute Gasteiger partial charge is 0.264 e. The van der Waals surface area contributed by atoms with Gasteiger partial charge in [0, 0.05) is 10.7 Å². The number of halogens is 2. The first-order chi connectivity index (χ1) is 12.9. The van der Waals surface area contributed by atoms with Crippen molar-refractivity contribution in [2.75, 3.05) is 10.0 Å². The maximum Gasteiger partial charge on any atom is 0.264 e. The van der Waals surface area contributed by atoms with Crippen molar-refractivity contribution in [3.63, 3.8) is 0 Å². The van der Waals surface area contributed by atoms with Crippen molar-refractivity contribution in [2.24, 2.45) is 0 Å². The number of rotatable bonds is 5. The summed E-state index contributed by atoms with van der Waals surface area (Å²) in [6, 6.07) is 17.5. The Morgan fingerprint density at radius 1 is 0.889 bits per heavy atom.